The van der Waals surface area contributed by atoms with Crippen LogP contribution in [0.4, 0.5) is 0 Å². The van der Waals surface area contributed by atoms with E-state index >= 15 is 0 Å². The summed E-state index contributed by atoms with van der Waals surface area (Å²) in [5.41, 5.74) is -0.385. The van der Waals surface area contributed by atoms with Gasteiger partial charge in [-0.1, -0.05) is 0 Å². The van der Waals surface area contributed by atoms with Gasteiger partial charge in [0.05, 0.1) is 11.5 Å². The molecular weight excluding hydrogens is 322 g/mol. The van der Waals surface area contributed by atoms with Crippen molar-refractivity contribution in [2.75, 3.05) is 33.8 Å². The number of likely N-dealkylation sites (tertiary alicyclic amines) is 2. The van der Waals surface area contributed by atoms with Gasteiger partial charge in [0.1, 0.15) is 18.2 Å². The molecule has 1 aromatic rings. The van der Waals surface area contributed by atoms with Gasteiger partial charge in [0, 0.05) is 33.8 Å². The number of methoxy groups -OCH3 is 1. The smallest absolute Gasteiger partial charge is 0.244 e. The number of aromatic nitrogens is 3. The van der Waals surface area contributed by atoms with E-state index in [1.54, 1.807) is 16.7 Å². The van der Waals surface area contributed by atoms with Crippen molar-refractivity contribution in [3.63, 3.8) is 0 Å². The molecule has 2 amide bonds. The Morgan fingerprint density at radius 2 is 2.00 bits per heavy atom. The molecule has 2 fully saturated rings. The van der Waals surface area contributed by atoms with Crippen molar-refractivity contribution in [3.8, 4) is 0 Å². The molecule has 3 heterocycles. The van der Waals surface area contributed by atoms with E-state index < -0.39 is 0 Å². The molecule has 0 aliphatic carbocycles. The van der Waals surface area contributed by atoms with Crippen LogP contribution in [0.25, 0.3) is 0 Å². The molecule has 1 unspecified atom stereocenters. The highest BCUT2D eigenvalue weighted by molar-refractivity contribution is 5.84. The first-order valence-corrected chi connectivity index (χ1v) is 8.79. The second-order valence-corrected chi connectivity index (χ2v) is 7.27. The third kappa shape index (κ3) is 3.40. The molecule has 1 aromatic heterocycles. The minimum atomic E-state index is -0.385. The molecule has 8 heteroatoms. The zero-order valence-corrected chi connectivity index (χ0v) is 15.5. The number of amides is 2. The van der Waals surface area contributed by atoms with Crippen molar-refractivity contribution < 1.29 is 14.3 Å². The van der Waals surface area contributed by atoms with E-state index in [0.29, 0.717) is 38.3 Å². The minimum absolute atomic E-state index is 0.0303. The maximum Gasteiger partial charge on any atom is 0.244 e. The van der Waals surface area contributed by atoms with Crippen molar-refractivity contribution in [3.05, 3.63) is 11.6 Å². The zero-order valence-electron chi connectivity index (χ0n) is 15.5. The van der Waals surface area contributed by atoms with Crippen LogP contribution in [0.2, 0.25) is 0 Å². The third-order valence-corrected chi connectivity index (χ3v) is 5.55. The number of piperidine rings is 2. The van der Waals surface area contributed by atoms with Gasteiger partial charge in [0.15, 0.2) is 0 Å². The molecule has 3 rings (SSSR count). The van der Waals surface area contributed by atoms with Gasteiger partial charge >= 0.3 is 0 Å². The molecule has 1 atom stereocenters. The van der Waals surface area contributed by atoms with Crippen molar-refractivity contribution in [2.45, 2.75) is 45.8 Å². The quantitative estimate of drug-likeness (QED) is 0.788. The van der Waals surface area contributed by atoms with Crippen LogP contribution in [0.5, 0.6) is 0 Å². The fraction of sp³-hybridized carbons (Fsp3) is 0.765. The summed E-state index contributed by atoms with van der Waals surface area (Å²) in [5, 5.41) is 4.25. The Bertz CT molecular complexity index is 663. The molecule has 8 nitrogen and oxygen atoms in total. The van der Waals surface area contributed by atoms with Crippen LogP contribution in [0, 0.1) is 19.3 Å². The average Bonchev–Trinajstić information content (AvgIpc) is 2.90. The van der Waals surface area contributed by atoms with Gasteiger partial charge < -0.3 is 14.5 Å². The molecule has 2 saturated heterocycles. The number of rotatable bonds is 3. The lowest BCUT2D eigenvalue weighted by atomic mass is 9.71. The Morgan fingerprint density at radius 3 is 2.56 bits per heavy atom. The van der Waals surface area contributed by atoms with E-state index in [4.69, 9.17) is 4.74 Å². The molecule has 2 aliphatic rings. The minimum Gasteiger partial charge on any atom is -0.380 e. The number of carbonyl (C=O) groups is 2. The number of aryl methyl sites for hydroxylation is 2. The van der Waals surface area contributed by atoms with Crippen molar-refractivity contribution in [1.82, 2.24) is 24.6 Å². The number of hydrogen-bond donors (Lipinski definition) is 0. The number of carbonyl (C=O) groups excluding carboxylic acids is 2. The van der Waals surface area contributed by atoms with Crippen LogP contribution in [-0.2, 0) is 20.9 Å². The molecule has 2 aliphatic heterocycles. The Morgan fingerprint density at radius 1 is 1.32 bits per heavy atom. The fourth-order valence-electron chi connectivity index (χ4n) is 4.08. The van der Waals surface area contributed by atoms with Crippen LogP contribution >= 0.6 is 0 Å². The summed E-state index contributed by atoms with van der Waals surface area (Å²) in [5.74, 6) is 1.63. The SMILES string of the molecule is COC1CN(C)C(=O)C2(CCN(C(=O)Cn3nc(C)nc3C)CC2)C1. The average molecular weight is 349 g/mol. The summed E-state index contributed by atoms with van der Waals surface area (Å²) in [6, 6.07) is 0. The summed E-state index contributed by atoms with van der Waals surface area (Å²) in [7, 11) is 3.53. The van der Waals surface area contributed by atoms with Gasteiger partial charge in [-0.2, -0.15) is 5.10 Å². The van der Waals surface area contributed by atoms with Gasteiger partial charge in [-0.3, -0.25) is 9.59 Å². The lowest BCUT2D eigenvalue weighted by Crippen LogP contribution is -2.57. The first kappa shape index (κ1) is 17.8. The standard InChI is InChI=1S/C17H27N5O3/c1-12-18-13(2)22(19-12)11-15(23)21-7-5-17(6-8-21)9-14(25-4)10-20(3)16(17)24/h14H,5-11H2,1-4H3. The molecular formula is C17H27N5O3. The summed E-state index contributed by atoms with van der Waals surface area (Å²) >= 11 is 0. The van der Waals surface area contributed by atoms with Gasteiger partial charge in [-0.15, -0.1) is 0 Å². The summed E-state index contributed by atoms with van der Waals surface area (Å²) in [6.45, 7) is 5.71. The fourth-order valence-corrected chi connectivity index (χ4v) is 4.08. The third-order valence-electron chi connectivity index (χ3n) is 5.55. The van der Waals surface area contributed by atoms with Crippen LogP contribution < -0.4 is 0 Å². The van der Waals surface area contributed by atoms with Crippen molar-refractivity contribution >= 4 is 11.8 Å². The first-order valence-electron chi connectivity index (χ1n) is 8.79. The van der Waals surface area contributed by atoms with Crippen LogP contribution in [0.3, 0.4) is 0 Å². The number of ether oxygens (including phenoxy) is 1. The monoisotopic (exact) mass is 349 g/mol. The van der Waals surface area contributed by atoms with Crippen LogP contribution in [0.1, 0.15) is 30.9 Å². The topological polar surface area (TPSA) is 80.6 Å². The highest BCUT2D eigenvalue weighted by atomic mass is 16.5. The lowest BCUT2D eigenvalue weighted by Gasteiger charge is -2.47. The maximum atomic E-state index is 12.7. The van der Waals surface area contributed by atoms with E-state index in [9.17, 15) is 9.59 Å². The molecule has 0 bridgehead atoms. The van der Waals surface area contributed by atoms with Gasteiger partial charge in [-0.05, 0) is 33.1 Å². The van der Waals surface area contributed by atoms with E-state index in [-0.39, 0.29) is 29.9 Å². The van der Waals surface area contributed by atoms with E-state index in [2.05, 4.69) is 10.1 Å². The van der Waals surface area contributed by atoms with Gasteiger partial charge in [0.2, 0.25) is 11.8 Å². The molecule has 25 heavy (non-hydrogen) atoms. The largest absolute Gasteiger partial charge is 0.380 e. The van der Waals surface area contributed by atoms with Gasteiger partial charge in [-0.25, -0.2) is 9.67 Å². The van der Waals surface area contributed by atoms with E-state index in [0.717, 1.165) is 12.2 Å². The van der Waals surface area contributed by atoms with E-state index in [1.165, 1.54) is 0 Å². The van der Waals surface area contributed by atoms with Gasteiger partial charge in [0.25, 0.3) is 0 Å². The molecule has 0 N–H and O–H groups in total. The Balaban J connectivity index is 1.63. The van der Waals surface area contributed by atoms with E-state index in [1.807, 2.05) is 25.8 Å². The first-order chi connectivity index (χ1) is 11.8. The maximum absolute atomic E-state index is 12.7. The predicted octanol–water partition coefficient (Wildman–Crippen LogP) is 0.381. The lowest BCUT2D eigenvalue weighted by molar-refractivity contribution is -0.158. The Hall–Kier alpha value is -1.96. The summed E-state index contributed by atoms with van der Waals surface area (Å²) < 4.78 is 7.15. The molecule has 0 aromatic carbocycles. The number of hydrogen-bond acceptors (Lipinski definition) is 5. The Labute approximate surface area is 148 Å². The number of nitrogens with zero attached hydrogens (tertiary/aromatic N) is 5. The van der Waals surface area contributed by atoms with Crippen LogP contribution in [-0.4, -0.2) is 76.3 Å². The summed E-state index contributed by atoms with van der Waals surface area (Å²) in [6.07, 6.45) is 2.20. The predicted molar refractivity (Wildman–Crippen MR) is 90.8 cm³/mol. The zero-order chi connectivity index (χ0) is 18.2. The molecule has 1 spiro atoms. The summed E-state index contributed by atoms with van der Waals surface area (Å²) in [4.78, 5) is 33.2. The highest BCUT2D eigenvalue weighted by Gasteiger charge is 2.48. The Kier molecular flexibility index (Phi) is 4.81. The second kappa shape index (κ2) is 6.74. The normalized spacial score (nSPS) is 23.4. The highest BCUT2D eigenvalue weighted by Crippen LogP contribution is 2.41. The molecule has 0 radical (unpaired) electrons. The van der Waals surface area contributed by atoms with Crippen molar-refractivity contribution in [2.24, 2.45) is 5.41 Å². The molecule has 138 valence electrons. The molecule has 0 saturated carbocycles. The van der Waals surface area contributed by atoms with Crippen LogP contribution in [0.15, 0.2) is 0 Å². The second-order valence-electron chi connectivity index (χ2n) is 7.27. The van der Waals surface area contributed by atoms with Crippen molar-refractivity contribution in [1.29, 1.82) is 0 Å². The number of likely N-dealkylation sites (N-methyl/N-ethyl adjacent to an activating group) is 1.